The van der Waals surface area contributed by atoms with E-state index in [1.165, 1.54) is 23.8 Å². The standard InChI is InChI=1S/C24H26FN3O4S/c1-14-8-9-19(18(25)10-14)26-24-23(20(32-4)13-22(29)28(24)2)27-33(30)21-12-17(21)15-6-5-7-16(11-15)31-3/h5-11,13,17,21,26-27H,12H2,1-4H3. The van der Waals surface area contributed by atoms with Gasteiger partial charge in [-0.1, -0.05) is 18.2 Å². The van der Waals surface area contributed by atoms with E-state index in [1.54, 1.807) is 33.2 Å². The molecule has 0 amide bonds. The van der Waals surface area contributed by atoms with Crippen LogP contribution in [0.1, 0.15) is 23.5 Å². The van der Waals surface area contributed by atoms with Crippen LogP contribution in [-0.4, -0.2) is 28.2 Å². The molecule has 2 N–H and O–H groups in total. The lowest BCUT2D eigenvalue weighted by molar-refractivity contribution is 0.414. The molecule has 4 rings (SSSR count). The molecular formula is C24H26FN3O4S. The van der Waals surface area contributed by atoms with Crippen LogP contribution >= 0.6 is 0 Å². The van der Waals surface area contributed by atoms with Gasteiger partial charge in [-0.05, 0) is 48.7 Å². The number of ether oxygens (including phenoxy) is 2. The number of benzene rings is 2. The van der Waals surface area contributed by atoms with Gasteiger partial charge in [-0.15, -0.1) is 0 Å². The number of methoxy groups -OCH3 is 2. The zero-order valence-electron chi connectivity index (χ0n) is 18.8. The SMILES string of the molecule is COc1cccc(C2CC2S(=O)Nc2c(OC)cc(=O)n(C)c2Nc2ccc(C)cc2F)c1. The Morgan fingerprint density at radius 3 is 2.61 bits per heavy atom. The van der Waals surface area contributed by atoms with E-state index in [0.717, 1.165) is 23.3 Å². The average Bonchev–Trinajstić information content (AvgIpc) is 3.61. The van der Waals surface area contributed by atoms with Crippen molar-refractivity contribution in [3.05, 3.63) is 75.8 Å². The maximum absolute atomic E-state index is 14.5. The molecule has 0 spiro atoms. The number of aryl methyl sites for hydroxylation is 1. The van der Waals surface area contributed by atoms with Gasteiger partial charge in [0.15, 0.2) is 5.75 Å². The van der Waals surface area contributed by atoms with E-state index in [9.17, 15) is 13.4 Å². The van der Waals surface area contributed by atoms with Gasteiger partial charge in [0.25, 0.3) is 5.56 Å². The molecule has 7 nitrogen and oxygen atoms in total. The molecule has 174 valence electrons. The molecule has 0 radical (unpaired) electrons. The molecule has 3 unspecified atom stereocenters. The topological polar surface area (TPSA) is 81.6 Å². The van der Waals surface area contributed by atoms with Gasteiger partial charge in [-0.25, -0.2) is 8.60 Å². The fourth-order valence-corrected chi connectivity index (χ4v) is 5.13. The quantitative estimate of drug-likeness (QED) is 0.514. The summed E-state index contributed by atoms with van der Waals surface area (Å²) in [5.41, 5.74) is 2.00. The molecule has 3 aromatic rings. The second-order valence-electron chi connectivity index (χ2n) is 8.00. The van der Waals surface area contributed by atoms with Crippen molar-refractivity contribution in [2.75, 3.05) is 24.3 Å². The zero-order valence-corrected chi connectivity index (χ0v) is 19.7. The van der Waals surface area contributed by atoms with Crippen LogP contribution in [0.4, 0.5) is 21.6 Å². The highest BCUT2D eigenvalue weighted by Crippen LogP contribution is 2.46. The summed E-state index contributed by atoms with van der Waals surface area (Å²) < 4.78 is 42.7. The summed E-state index contributed by atoms with van der Waals surface area (Å²) in [7, 11) is 3.12. The summed E-state index contributed by atoms with van der Waals surface area (Å²) in [6.45, 7) is 1.79. The summed E-state index contributed by atoms with van der Waals surface area (Å²) in [6, 6.07) is 13.8. The Hall–Kier alpha value is -3.33. The van der Waals surface area contributed by atoms with Gasteiger partial charge in [0.05, 0.1) is 25.2 Å². The lowest BCUT2D eigenvalue weighted by atomic mass is 10.1. The largest absolute Gasteiger partial charge is 0.497 e. The molecule has 1 aromatic heterocycles. The van der Waals surface area contributed by atoms with Crippen molar-refractivity contribution in [3.8, 4) is 11.5 Å². The van der Waals surface area contributed by atoms with Crippen molar-refractivity contribution in [1.29, 1.82) is 0 Å². The van der Waals surface area contributed by atoms with E-state index in [4.69, 9.17) is 9.47 Å². The van der Waals surface area contributed by atoms with Gasteiger partial charge < -0.3 is 14.8 Å². The summed E-state index contributed by atoms with van der Waals surface area (Å²) in [5.74, 6) is 0.896. The highest BCUT2D eigenvalue weighted by molar-refractivity contribution is 7.87. The second-order valence-corrected chi connectivity index (χ2v) is 9.40. The molecule has 2 aromatic carbocycles. The number of aromatic nitrogens is 1. The molecule has 1 aliphatic carbocycles. The first-order chi connectivity index (χ1) is 15.8. The maximum atomic E-state index is 14.5. The number of hydrogen-bond acceptors (Lipinski definition) is 5. The van der Waals surface area contributed by atoms with Crippen molar-refractivity contribution in [2.45, 2.75) is 24.5 Å². The van der Waals surface area contributed by atoms with Gasteiger partial charge in [0.2, 0.25) is 0 Å². The monoisotopic (exact) mass is 471 g/mol. The Morgan fingerprint density at radius 2 is 1.91 bits per heavy atom. The Labute approximate surface area is 194 Å². The molecule has 0 saturated heterocycles. The van der Waals surface area contributed by atoms with Crippen LogP contribution in [0.25, 0.3) is 0 Å². The Bertz CT molecular complexity index is 1280. The minimum Gasteiger partial charge on any atom is -0.497 e. The molecule has 1 saturated carbocycles. The first kappa shape index (κ1) is 22.8. The lowest BCUT2D eigenvalue weighted by Gasteiger charge is -2.19. The third-order valence-electron chi connectivity index (χ3n) is 5.73. The molecule has 1 aliphatic rings. The predicted octanol–water partition coefficient (Wildman–Crippen LogP) is 4.23. The average molecular weight is 472 g/mol. The molecule has 1 heterocycles. The van der Waals surface area contributed by atoms with Crippen LogP contribution in [0.3, 0.4) is 0 Å². The summed E-state index contributed by atoms with van der Waals surface area (Å²) in [6.07, 6.45) is 0.746. The number of anilines is 3. The van der Waals surface area contributed by atoms with E-state index < -0.39 is 16.8 Å². The van der Waals surface area contributed by atoms with E-state index >= 15 is 0 Å². The molecule has 0 bridgehead atoms. The Morgan fingerprint density at radius 1 is 1.12 bits per heavy atom. The Kier molecular flexibility index (Phi) is 6.42. The number of nitrogens with one attached hydrogen (secondary N) is 2. The molecular weight excluding hydrogens is 445 g/mol. The van der Waals surface area contributed by atoms with Crippen LogP contribution < -0.4 is 25.1 Å². The van der Waals surface area contributed by atoms with Crippen LogP contribution in [-0.2, 0) is 18.0 Å². The Balaban J connectivity index is 1.63. The summed E-state index contributed by atoms with van der Waals surface area (Å²) in [5, 5.41) is 2.85. The van der Waals surface area contributed by atoms with Crippen molar-refractivity contribution in [3.63, 3.8) is 0 Å². The third-order valence-corrected chi connectivity index (χ3v) is 7.21. The van der Waals surface area contributed by atoms with Crippen molar-refractivity contribution in [2.24, 2.45) is 7.05 Å². The first-order valence-corrected chi connectivity index (χ1v) is 11.7. The van der Waals surface area contributed by atoms with Crippen molar-refractivity contribution < 1.29 is 18.1 Å². The number of nitrogens with zero attached hydrogens (tertiary/aromatic N) is 1. The second kappa shape index (κ2) is 9.27. The predicted molar refractivity (Wildman–Crippen MR) is 129 cm³/mol. The number of pyridine rings is 1. The van der Waals surface area contributed by atoms with Crippen molar-refractivity contribution >= 4 is 28.2 Å². The fourth-order valence-electron chi connectivity index (χ4n) is 3.74. The normalized spacial score (nSPS) is 17.8. The summed E-state index contributed by atoms with van der Waals surface area (Å²) >= 11 is 0. The number of rotatable bonds is 8. The number of halogens is 1. The third kappa shape index (κ3) is 4.73. The molecule has 0 aliphatic heterocycles. The van der Waals surface area contributed by atoms with Crippen LogP contribution in [0.5, 0.6) is 11.5 Å². The maximum Gasteiger partial charge on any atom is 0.255 e. The lowest BCUT2D eigenvalue weighted by Crippen LogP contribution is -2.22. The van der Waals surface area contributed by atoms with E-state index in [1.807, 2.05) is 24.3 Å². The molecule has 3 atom stereocenters. The van der Waals surface area contributed by atoms with E-state index in [2.05, 4.69) is 10.0 Å². The van der Waals surface area contributed by atoms with Crippen LogP contribution in [0.15, 0.2) is 53.3 Å². The van der Waals surface area contributed by atoms with E-state index in [0.29, 0.717) is 5.69 Å². The van der Waals surface area contributed by atoms with Crippen molar-refractivity contribution in [1.82, 2.24) is 4.57 Å². The first-order valence-electron chi connectivity index (χ1n) is 10.4. The molecule has 9 heteroatoms. The minimum absolute atomic E-state index is 0.122. The molecule has 1 fully saturated rings. The summed E-state index contributed by atoms with van der Waals surface area (Å²) in [4.78, 5) is 12.5. The number of hydrogen-bond donors (Lipinski definition) is 2. The van der Waals surface area contributed by atoms with Gasteiger partial charge in [-0.3, -0.25) is 14.1 Å². The highest BCUT2D eigenvalue weighted by atomic mass is 32.2. The van der Waals surface area contributed by atoms with Gasteiger partial charge >= 0.3 is 0 Å². The zero-order chi connectivity index (χ0) is 23.7. The highest BCUT2D eigenvalue weighted by Gasteiger charge is 2.44. The fraction of sp³-hybridized carbons (Fsp3) is 0.292. The smallest absolute Gasteiger partial charge is 0.255 e. The molecule has 33 heavy (non-hydrogen) atoms. The van der Waals surface area contributed by atoms with Gasteiger partial charge in [0.1, 0.15) is 34.1 Å². The van der Waals surface area contributed by atoms with Gasteiger partial charge in [0, 0.05) is 19.0 Å². The van der Waals surface area contributed by atoms with E-state index in [-0.39, 0.29) is 34.0 Å². The minimum atomic E-state index is -1.47. The van der Waals surface area contributed by atoms with Gasteiger partial charge in [-0.2, -0.15) is 0 Å². The van der Waals surface area contributed by atoms with Crippen LogP contribution in [0.2, 0.25) is 0 Å². The van der Waals surface area contributed by atoms with Crippen LogP contribution in [0, 0.1) is 12.7 Å².